The summed E-state index contributed by atoms with van der Waals surface area (Å²) in [4.78, 5) is -0.818. The lowest BCUT2D eigenvalue weighted by atomic mass is 10.2. The fraction of sp³-hybridized carbons (Fsp3) is 0.0769. The van der Waals surface area contributed by atoms with Crippen molar-refractivity contribution in [1.82, 2.24) is 0 Å². The lowest BCUT2D eigenvalue weighted by molar-refractivity contribution is 0.583. The molecule has 4 N–H and O–H groups in total. The van der Waals surface area contributed by atoms with Crippen LogP contribution in [-0.2, 0) is 19.9 Å². The molecule has 2 aromatic rings. The molecule has 8 heteroatoms. The van der Waals surface area contributed by atoms with E-state index in [2.05, 4.69) is 0 Å². The van der Waals surface area contributed by atoms with Gasteiger partial charge in [0.05, 0.1) is 9.79 Å². The molecule has 21 heavy (non-hydrogen) atoms. The van der Waals surface area contributed by atoms with Gasteiger partial charge < -0.3 is 5.73 Å². The quantitative estimate of drug-likeness (QED) is 0.817. The number of aryl methyl sites for hydroxylation is 1. The average Bonchev–Trinajstić information content (AvgIpc) is 2.41. The van der Waals surface area contributed by atoms with Crippen LogP contribution in [0.3, 0.4) is 0 Å². The van der Waals surface area contributed by atoms with Crippen molar-refractivity contribution in [1.29, 1.82) is 0 Å². The molecule has 2 aromatic carbocycles. The highest BCUT2D eigenvalue weighted by molar-refractivity contribution is 7.93. The number of anilines is 1. The Balaban J connectivity index is 2.74. The molecule has 6 nitrogen and oxygen atoms in total. The highest BCUT2D eigenvalue weighted by Gasteiger charge is 2.25. The number of sulfone groups is 1. The van der Waals surface area contributed by atoms with Gasteiger partial charge in [-0.2, -0.15) is 0 Å². The molecule has 112 valence electrons. The van der Waals surface area contributed by atoms with Gasteiger partial charge >= 0.3 is 0 Å². The largest absolute Gasteiger partial charge is 0.399 e. The molecule has 0 fully saturated rings. The van der Waals surface area contributed by atoms with Crippen LogP contribution in [0.2, 0.25) is 0 Å². The van der Waals surface area contributed by atoms with Gasteiger partial charge in [-0.05, 0) is 42.8 Å². The zero-order valence-corrected chi connectivity index (χ0v) is 12.8. The molecule has 0 atom stereocenters. The molecule has 0 spiro atoms. The normalized spacial score (nSPS) is 12.3. The van der Waals surface area contributed by atoms with Crippen molar-refractivity contribution in [3.8, 4) is 0 Å². The first-order chi connectivity index (χ1) is 9.64. The van der Waals surface area contributed by atoms with E-state index >= 15 is 0 Å². The summed E-state index contributed by atoms with van der Waals surface area (Å²) in [5, 5.41) is 5.07. The smallest absolute Gasteiger partial charge is 0.239 e. The standard InChI is InChI=1S/C13H14N2O4S2/c1-9-8-10(6-7-11(9)14)20(16,17)12-4-2-3-5-13(12)21(15,18)19/h2-8H,14H2,1H3,(H2,15,18,19). The molecule has 0 aliphatic rings. The molecule has 0 saturated heterocycles. The third-order valence-corrected chi connectivity index (χ3v) is 5.90. The minimum atomic E-state index is -4.15. The zero-order valence-electron chi connectivity index (χ0n) is 11.1. The molecule has 0 bridgehead atoms. The average molecular weight is 326 g/mol. The van der Waals surface area contributed by atoms with Crippen molar-refractivity contribution in [2.45, 2.75) is 21.6 Å². The van der Waals surface area contributed by atoms with E-state index in [1.165, 1.54) is 36.4 Å². The van der Waals surface area contributed by atoms with Crippen LogP contribution in [0.15, 0.2) is 57.2 Å². The lowest BCUT2D eigenvalue weighted by Crippen LogP contribution is -2.17. The Labute approximate surface area is 123 Å². The van der Waals surface area contributed by atoms with Gasteiger partial charge in [-0.1, -0.05) is 12.1 Å². The summed E-state index contributed by atoms with van der Waals surface area (Å²) in [5.41, 5.74) is 6.70. The second-order valence-corrected chi connectivity index (χ2v) is 7.96. The summed E-state index contributed by atoms with van der Waals surface area (Å²) >= 11 is 0. The number of benzene rings is 2. The molecular formula is C13H14N2O4S2. The van der Waals surface area contributed by atoms with E-state index in [0.717, 1.165) is 6.07 Å². The molecular weight excluding hydrogens is 312 g/mol. The van der Waals surface area contributed by atoms with E-state index in [0.29, 0.717) is 11.3 Å². The summed E-state index contributed by atoms with van der Waals surface area (Å²) in [7, 11) is -8.15. The maximum absolute atomic E-state index is 12.6. The maximum atomic E-state index is 12.6. The third kappa shape index (κ3) is 2.92. The van der Waals surface area contributed by atoms with Gasteiger partial charge in [-0.15, -0.1) is 0 Å². The number of primary sulfonamides is 1. The van der Waals surface area contributed by atoms with Crippen LogP contribution in [-0.4, -0.2) is 16.8 Å². The highest BCUT2D eigenvalue weighted by atomic mass is 32.2. The predicted molar refractivity (Wildman–Crippen MR) is 78.9 cm³/mol. The molecule has 2 rings (SSSR count). The summed E-state index contributed by atoms with van der Waals surface area (Å²) in [6.07, 6.45) is 0. The molecule has 0 amide bonds. The van der Waals surface area contributed by atoms with Crippen molar-refractivity contribution >= 4 is 25.5 Å². The van der Waals surface area contributed by atoms with Gasteiger partial charge in [-0.25, -0.2) is 22.0 Å². The second kappa shape index (κ2) is 5.14. The van der Waals surface area contributed by atoms with Gasteiger partial charge in [0, 0.05) is 5.69 Å². The van der Waals surface area contributed by atoms with E-state index < -0.39 is 24.8 Å². The summed E-state index contributed by atoms with van der Waals surface area (Å²) in [6.45, 7) is 1.67. The number of hydrogen-bond acceptors (Lipinski definition) is 5. The second-order valence-electron chi connectivity index (χ2n) is 4.51. The van der Waals surface area contributed by atoms with Gasteiger partial charge in [0.1, 0.15) is 4.90 Å². The van der Waals surface area contributed by atoms with Gasteiger partial charge in [0.2, 0.25) is 19.9 Å². The Morgan fingerprint density at radius 2 is 1.48 bits per heavy atom. The van der Waals surface area contributed by atoms with E-state index in [1.54, 1.807) is 6.92 Å². The van der Waals surface area contributed by atoms with Crippen molar-refractivity contribution in [3.63, 3.8) is 0 Å². The summed E-state index contributed by atoms with van der Waals surface area (Å²) in [6, 6.07) is 9.40. The Bertz CT molecular complexity index is 904. The minimum Gasteiger partial charge on any atom is -0.399 e. The first kappa shape index (κ1) is 15.5. The fourth-order valence-corrected chi connectivity index (χ4v) is 4.57. The third-order valence-electron chi connectivity index (χ3n) is 3.00. The molecule has 0 aromatic heterocycles. The van der Waals surface area contributed by atoms with E-state index in [-0.39, 0.29) is 9.79 Å². The van der Waals surface area contributed by atoms with Crippen LogP contribution < -0.4 is 10.9 Å². The Hall–Kier alpha value is -1.90. The van der Waals surface area contributed by atoms with Crippen molar-refractivity contribution in [3.05, 3.63) is 48.0 Å². The maximum Gasteiger partial charge on any atom is 0.239 e. The highest BCUT2D eigenvalue weighted by Crippen LogP contribution is 2.28. The molecule has 0 saturated carbocycles. The van der Waals surface area contributed by atoms with Gasteiger partial charge in [0.15, 0.2) is 0 Å². The number of hydrogen-bond donors (Lipinski definition) is 2. The fourth-order valence-electron chi connectivity index (χ4n) is 1.85. The minimum absolute atomic E-state index is 0.0368. The number of rotatable bonds is 3. The first-order valence-electron chi connectivity index (χ1n) is 5.87. The van der Waals surface area contributed by atoms with Gasteiger partial charge in [0.25, 0.3) is 0 Å². The predicted octanol–water partition coefficient (Wildman–Crippen LogP) is 1.06. The number of sulfonamides is 1. The monoisotopic (exact) mass is 326 g/mol. The molecule has 0 radical (unpaired) electrons. The van der Waals surface area contributed by atoms with Crippen molar-refractivity contribution < 1.29 is 16.8 Å². The Kier molecular flexibility index (Phi) is 3.79. The van der Waals surface area contributed by atoms with E-state index in [4.69, 9.17) is 10.9 Å². The molecule has 0 heterocycles. The van der Waals surface area contributed by atoms with Crippen LogP contribution in [0.1, 0.15) is 5.56 Å². The summed E-state index contributed by atoms with van der Waals surface area (Å²) < 4.78 is 48.3. The zero-order chi connectivity index (χ0) is 15.8. The van der Waals surface area contributed by atoms with Crippen LogP contribution in [0, 0.1) is 6.92 Å². The SMILES string of the molecule is Cc1cc(S(=O)(=O)c2ccccc2S(N)(=O)=O)ccc1N. The Morgan fingerprint density at radius 3 is 2.00 bits per heavy atom. The van der Waals surface area contributed by atoms with E-state index in [1.807, 2.05) is 0 Å². The molecule has 0 aliphatic carbocycles. The van der Waals surface area contributed by atoms with Crippen molar-refractivity contribution in [2.75, 3.05) is 5.73 Å². The van der Waals surface area contributed by atoms with E-state index in [9.17, 15) is 16.8 Å². The van der Waals surface area contributed by atoms with Crippen LogP contribution >= 0.6 is 0 Å². The number of nitrogens with two attached hydrogens (primary N) is 2. The van der Waals surface area contributed by atoms with Crippen LogP contribution in [0.4, 0.5) is 5.69 Å². The lowest BCUT2D eigenvalue weighted by Gasteiger charge is -2.10. The first-order valence-corrected chi connectivity index (χ1v) is 8.90. The van der Waals surface area contributed by atoms with Crippen molar-refractivity contribution in [2.24, 2.45) is 5.14 Å². The van der Waals surface area contributed by atoms with Gasteiger partial charge in [-0.3, -0.25) is 0 Å². The molecule has 0 aliphatic heterocycles. The van der Waals surface area contributed by atoms with Crippen LogP contribution in [0.25, 0.3) is 0 Å². The Morgan fingerprint density at radius 1 is 0.905 bits per heavy atom. The topological polar surface area (TPSA) is 120 Å². The summed E-state index contributed by atoms with van der Waals surface area (Å²) in [5.74, 6) is 0. The van der Waals surface area contributed by atoms with Crippen LogP contribution in [0.5, 0.6) is 0 Å². The molecule has 0 unspecified atom stereocenters. The number of nitrogen functional groups attached to an aromatic ring is 1.